The van der Waals surface area contributed by atoms with Crippen molar-refractivity contribution in [2.45, 2.75) is 12.8 Å². The average molecular weight is 360 g/mol. The zero-order chi connectivity index (χ0) is 15.6. The number of ether oxygens (including phenoxy) is 1. The van der Waals surface area contributed by atoms with Crippen LogP contribution in [0.3, 0.4) is 0 Å². The number of carbonyl (C=O) groups is 1. The van der Waals surface area contributed by atoms with Crippen LogP contribution in [0.2, 0.25) is 5.02 Å². The Kier molecular flexibility index (Phi) is 6.14. The minimum atomic E-state index is -0.0245. The Morgan fingerprint density at radius 1 is 1.48 bits per heavy atom. The number of methoxy groups -OCH3 is 1. The molecule has 2 heterocycles. The van der Waals surface area contributed by atoms with Crippen molar-refractivity contribution >= 4 is 35.6 Å². The second-order valence-corrected chi connectivity index (χ2v) is 6.72. The molecular formula is C16H23Cl2N3O2. The van der Waals surface area contributed by atoms with Crippen molar-refractivity contribution in [3.05, 3.63) is 23.2 Å². The summed E-state index contributed by atoms with van der Waals surface area (Å²) >= 11 is 5.99. The molecule has 2 aliphatic rings. The molecule has 2 fully saturated rings. The van der Waals surface area contributed by atoms with Crippen LogP contribution in [0.1, 0.15) is 12.8 Å². The summed E-state index contributed by atoms with van der Waals surface area (Å²) in [4.78, 5) is 14.5. The molecule has 0 aromatic heterocycles. The lowest BCUT2D eigenvalue weighted by atomic mass is 9.87. The molecule has 128 valence electrons. The molecule has 2 aliphatic heterocycles. The summed E-state index contributed by atoms with van der Waals surface area (Å²) in [5, 5.41) is 6.91. The van der Waals surface area contributed by atoms with Gasteiger partial charge < -0.3 is 15.4 Å². The van der Waals surface area contributed by atoms with Crippen molar-refractivity contribution in [1.29, 1.82) is 0 Å². The largest absolute Gasteiger partial charge is 0.495 e. The molecule has 0 saturated carbocycles. The third kappa shape index (κ3) is 4.29. The summed E-state index contributed by atoms with van der Waals surface area (Å²) in [6.45, 7) is 4.58. The maximum Gasteiger partial charge on any atom is 0.238 e. The number of halogens is 2. The summed E-state index contributed by atoms with van der Waals surface area (Å²) in [7, 11) is 1.58. The minimum Gasteiger partial charge on any atom is -0.495 e. The number of likely N-dealkylation sites (tertiary alicyclic amines) is 1. The summed E-state index contributed by atoms with van der Waals surface area (Å²) in [5.41, 5.74) is 1.00. The number of nitrogens with zero attached hydrogens (tertiary/aromatic N) is 1. The van der Waals surface area contributed by atoms with Crippen LogP contribution in [0, 0.1) is 5.41 Å². The molecule has 1 unspecified atom stereocenters. The van der Waals surface area contributed by atoms with E-state index in [1.54, 1.807) is 25.3 Å². The van der Waals surface area contributed by atoms with Crippen molar-refractivity contribution in [3.8, 4) is 5.75 Å². The lowest BCUT2D eigenvalue weighted by Gasteiger charge is -2.22. The van der Waals surface area contributed by atoms with Crippen molar-refractivity contribution in [1.82, 2.24) is 10.2 Å². The third-order valence-electron chi connectivity index (χ3n) is 4.65. The van der Waals surface area contributed by atoms with E-state index < -0.39 is 0 Å². The Balaban J connectivity index is 0.00000192. The highest BCUT2D eigenvalue weighted by Crippen LogP contribution is 2.36. The van der Waals surface area contributed by atoms with Crippen molar-refractivity contribution in [2.24, 2.45) is 5.41 Å². The van der Waals surface area contributed by atoms with Gasteiger partial charge in [0.15, 0.2) is 0 Å². The summed E-state index contributed by atoms with van der Waals surface area (Å²) < 4.78 is 5.25. The van der Waals surface area contributed by atoms with Crippen molar-refractivity contribution in [2.75, 3.05) is 45.2 Å². The van der Waals surface area contributed by atoms with Crippen LogP contribution in [-0.4, -0.2) is 50.6 Å². The van der Waals surface area contributed by atoms with Crippen LogP contribution in [0.15, 0.2) is 18.2 Å². The van der Waals surface area contributed by atoms with Crippen LogP contribution in [0.4, 0.5) is 5.69 Å². The van der Waals surface area contributed by atoms with E-state index in [0.29, 0.717) is 28.4 Å². The lowest BCUT2D eigenvalue weighted by Crippen LogP contribution is -2.34. The minimum absolute atomic E-state index is 0. The average Bonchev–Trinajstić information content (AvgIpc) is 3.10. The second kappa shape index (κ2) is 7.71. The summed E-state index contributed by atoms with van der Waals surface area (Å²) in [6, 6.07) is 5.21. The van der Waals surface area contributed by atoms with Gasteiger partial charge in [0.05, 0.1) is 19.3 Å². The fraction of sp³-hybridized carbons (Fsp3) is 0.562. The molecule has 7 heteroatoms. The zero-order valence-corrected chi connectivity index (χ0v) is 14.8. The lowest BCUT2D eigenvalue weighted by molar-refractivity contribution is -0.117. The van der Waals surface area contributed by atoms with E-state index in [4.69, 9.17) is 16.3 Å². The van der Waals surface area contributed by atoms with Gasteiger partial charge in [-0.25, -0.2) is 0 Å². The van der Waals surface area contributed by atoms with Crippen LogP contribution in [0.5, 0.6) is 5.75 Å². The quantitative estimate of drug-likeness (QED) is 0.866. The maximum absolute atomic E-state index is 12.3. The number of hydrogen-bond acceptors (Lipinski definition) is 4. The molecule has 0 bridgehead atoms. The molecule has 2 N–H and O–H groups in total. The van der Waals surface area contributed by atoms with Crippen LogP contribution >= 0.6 is 24.0 Å². The molecule has 5 nitrogen and oxygen atoms in total. The van der Waals surface area contributed by atoms with E-state index in [1.807, 2.05) is 0 Å². The molecule has 1 atom stereocenters. The third-order valence-corrected chi connectivity index (χ3v) is 4.89. The van der Waals surface area contributed by atoms with E-state index in [-0.39, 0.29) is 18.3 Å². The van der Waals surface area contributed by atoms with E-state index in [0.717, 1.165) is 26.2 Å². The van der Waals surface area contributed by atoms with Gasteiger partial charge in [-0.15, -0.1) is 12.4 Å². The first-order chi connectivity index (χ1) is 10.6. The maximum atomic E-state index is 12.3. The molecule has 1 amide bonds. The van der Waals surface area contributed by atoms with Crippen LogP contribution < -0.4 is 15.4 Å². The predicted molar refractivity (Wildman–Crippen MR) is 94.9 cm³/mol. The Hall–Kier alpha value is -1.01. The molecule has 2 saturated heterocycles. The highest BCUT2D eigenvalue weighted by Gasteiger charge is 2.40. The van der Waals surface area contributed by atoms with Gasteiger partial charge in [0, 0.05) is 18.1 Å². The molecular weight excluding hydrogens is 337 g/mol. The first-order valence-corrected chi connectivity index (χ1v) is 8.05. The van der Waals surface area contributed by atoms with Crippen LogP contribution in [-0.2, 0) is 4.79 Å². The number of anilines is 1. The Morgan fingerprint density at radius 3 is 3.00 bits per heavy atom. The SMILES string of the molecule is COc1ccc(Cl)cc1NC(=O)CN1CCC2(CCNC2)C1.Cl. The Labute approximate surface area is 148 Å². The van der Waals surface area contributed by atoms with Crippen molar-refractivity contribution < 1.29 is 9.53 Å². The summed E-state index contributed by atoms with van der Waals surface area (Å²) in [5.74, 6) is 0.596. The van der Waals surface area contributed by atoms with Gasteiger partial charge in [-0.2, -0.15) is 0 Å². The molecule has 0 aliphatic carbocycles. The van der Waals surface area contributed by atoms with E-state index in [2.05, 4.69) is 15.5 Å². The first kappa shape index (κ1) is 18.3. The topological polar surface area (TPSA) is 53.6 Å². The van der Waals surface area contributed by atoms with E-state index in [9.17, 15) is 4.79 Å². The molecule has 1 aromatic carbocycles. The van der Waals surface area contributed by atoms with Gasteiger partial charge in [0.2, 0.25) is 5.91 Å². The highest BCUT2D eigenvalue weighted by atomic mass is 35.5. The monoisotopic (exact) mass is 359 g/mol. The number of carbonyl (C=O) groups excluding carboxylic acids is 1. The normalized spacial score (nSPS) is 23.7. The van der Waals surface area contributed by atoms with Gasteiger partial charge in [-0.05, 0) is 49.5 Å². The second-order valence-electron chi connectivity index (χ2n) is 6.28. The fourth-order valence-electron chi connectivity index (χ4n) is 3.48. The molecule has 0 radical (unpaired) electrons. The zero-order valence-electron chi connectivity index (χ0n) is 13.2. The Bertz CT molecular complexity index is 562. The van der Waals surface area contributed by atoms with Gasteiger partial charge >= 0.3 is 0 Å². The van der Waals surface area contributed by atoms with Gasteiger partial charge in [-0.3, -0.25) is 9.69 Å². The number of benzene rings is 1. The van der Waals surface area contributed by atoms with Gasteiger partial charge in [-0.1, -0.05) is 11.6 Å². The van der Waals surface area contributed by atoms with E-state index in [1.165, 1.54) is 12.8 Å². The van der Waals surface area contributed by atoms with Gasteiger partial charge in [0.1, 0.15) is 5.75 Å². The highest BCUT2D eigenvalue weighted by molar-refractivity contribution is 6.31. The van der Waals surface area contributed by atoms with E-state index >= 15 is 0 Å². The predicted octanol–water partition coefficient (Wildman–Crippen LogP) is 2.39. The van der Waals surface area contributed by atoms with Crippen LogP contribution in [0.25, 0.3) is 0 Å². The number of amides is 1. The molecule has 1 aromatic rings. The number of hydrogen-bond donors (Lipinski definition) is 2. The number of rotatable bonds is 4. The van der Waals surface area contributed by atoms with Gasteiger partial charge in [0.25, 0.3) is 0 Å². The molecule has 3 rings (SSSR count). The standard InChI is InChI=1S/C16H22ClN3O2.ClH/c1-22-14-3-2-12(17)8-13(14)19-15(21)9-20-7-5-16(11-20)4-6-18-10-16;/h2-3,8,18H,4-7,9-11H2,1H3,(H,19,21);1H. The molecule has 1 spiro atoms. The first-order valence-electron chi connectivity index (χ1n) is 7.67. The fourth-order valence-corrected chi connectivity index (χ4v) is 3.65. The molecule has 23 heavy (non-hydrogen) atoms. The summed E-state index contributed by atoms with van der Waals surface area (Å²) in [6.07, 6.45) is 2.39. The smallest absolute Gasteiger partial charge is 0.238 e. The number of nitrogens with one attached hydrogen (secondary N) is 2. The van der Waals surface area contributed by atoms with Crippen molar-refractivity contribution in [3.63, 3.8) is 0 Å². The Morgan fingerprint density at radius 2 is 2.30 bits per heavy atom.